The molecule has 1 aliphatic heterocycles. The summed E-state index contributed by atoms with van der Waals surface area (Å²) in [5, 5.41) is 19.0. The SMILES string of the molecule is C[C@@H](O)[C@@H](C(=O)NO)N1Cc2cc(-c3cccc(-c4ccccc4)c3)ccc2C1=O. The first-order valence-corrected chi connectivity index (χ1v) is 9.71. The van der Waals surface area contributed by atoms with Crippen molar-refractivity contribution in [2.75, 3.05) is 0 Å². The lowest BCUT2D eigenvalue weighted by Crippen LogP contribution is -2.52. The molecule has 30 heavy (non-hydrogen) atoms. The lowest BCUT2D eigenvalue weighted by molar-refractivity contribution is -0.137. The molecule has 0 bridgehead atoms. The first kappa shape index (κ1) is 19.8. The molecule has 152 valence electrons. The molecule has 3 N–H and O–H groups in total. The smallest absolute Gasteiger partial charge is 0.268 e. The minimum Gasteiger partial charge on any atom is -0.391 e. The van der Waals surface area contributed by atoms with Crippen LogP contribution in [0.2, 0.25) is 0 Å². The first-order valence-electron chi connectivity index (χ1n) is 9.71. The second-order valence-electron chi connectivity index (χ2n) is 7.41. The van der Waals surface area contributed by atoms with E-state index in [0.717, 1.165) is 27.8 Å². The highest BCUT2D eigenvalue weighted by molar-refractivity contribution is 6.01. The Labute approximate surface area is 174 Å². The quantitative estimate of drug-likeness (QED) is 0.452. The maximum atomic E-state index is 12.8. The van der Waals surface area contributed by atoms with E-state index in [1.165, 1.54) is 17.3 Å². The molecule has 4 rings (SSSR count). The van der Waals surface area contributed by atoms with Gasteiger partial charge in [0, 0.05) is 12.1 Å². The van der Waals surface area contributed by atoms with E-state index in [9.17, 15) is 14.7 Å². The van der Waals surface area contributed by atoms with Crippen LogP contribution in [0.15, 0.2) is 72.8 Å². The molecule has 2 atom stereocenters. The molecule has 0 saturated heterocycles. The van der Waals surface area contributed by atoms with E-state index in [-0.39, 0.29) is 12.5 Å². The second kappa shape index (κ2) is 8.10. The summed E-state index contributed by atoms with van der Waals surface area (Å²) >= 11 is 0. The number of hydrogen-bond acceptors (Lipinski definition) is 4. The summed E-state index contributed by atoms with van der Waals surface area (Å²) in [5.41, 5.74) is 7.01. The van der Waals surface area contributed by atoms with Crippen LogP contribution in [0.4, 0.5) is 0 Å². The van der Waals surface area contributed by atoms with Gasteiger partial charge in [-0.25, -0.2) is 5.48 Å². The van der Waals surface area contributed by atoms with E-state index in [1.54, 1.807) is 6.07 Å². The van der Waals surface area contributed by atoms with Gasteiger partial charge in [0.15, 0.2) is 0 Å². The molecule has 0 aliphatic carbocycles. The van der Waals surface area contributed by atoms with Gasteiger partial charge in [-0.1, -0.05) is 54.6 Å². The summed E-state index contributed by atoms with van der Waals surface area (Å²) in [6.45, 7) is 1.60. The molecule has 0 aromatic heterocycles. The molecule has 3 aromatic rings. The van der Waals surface area contributed by atoms with Gasteiger partial charge in [0.2, 0.25) is 0 Å². The van der Waals surface area contributed by atoms with Crippen LogP contribution < -0.4 is 5.48 Å². The monoisotopic (exact) mass is 402 g/mol. The average molecular weight is 402 g/mol. The molecule has 6 nitrogen and oxygen atoms in total. The zero-order chi connectivity index (χ0) is 21.3. The summed E-state index contributed by atoms with van der Waals surface area (Å²) in [6, 6.07) is 22.7. The first-order chi connectivity index (χ1) is 14.5. The molecule has 1 heterocycles. The van der Waals surface area contributed by atoms with Crippen molar-refractivity contribution in [2.24, 2.45) is 0 Å². The molecule has 1 aliphatic rings. The molecule has 3 aromatic carbocycles. The number of aliphatic hydroxyl groups is 1. The van der Waals surface area contributed by atoms with Crippen molar-refractivity contribution in [3.05, 3.63) is 83.9 Å². The Kier molecular flexibility index (Phi) is 5.35. The van der Waals surface area contributed by atoms with E-state index >= 15 is 0 Å². The van der Waals surface area contributed by atoms with Crippen molar-refractivity contribution in [2.45, 2.75) is 25.6 Å². The number of aliphatic hydroxyl groups excluding tert-OH is 1. The highest BCUT2D eigenvalue weighted by Crippen LogP contribution is 2.32. The number of carbonyl (C=O) groups excluding carboxylic acids is 2. The average Bonchev–Trinajstić information content (AvgIpc) is 3.09. The number of fused-ring (bicyclic) bond motifs is 1. The Morgan fingerprint density at radius 2 is 1.57 bits per heavy atom. The van der Waals surface area contributed by atoms with Crippen LogP contribution in [-0.4, -0.2) is 39.2 Å². The summed E-state index contributed by atoms with van der Waals surface area (Å²) in [6.07, 6.45) is -1.13. The number of carbonyl (C=O) groups is 2. The van der Waals surface area contributed by atoms with Crippen LogP contribution in [0.25, 0.3) is 22.3 Å². The van der Waals surface area contributed by atoms with Gasteiger partial charge < -0.3 is 10.0 Å². The highest BCUT2D eigenvalue weighted by atomic mass is 16.5. The molecule has 2 amide bonds. The topological polar surface area (TPSA) is 89.9 Å². The summed E-state index contributed by atoms with van der Waals surface area (Å²) in [7, 11) is 0. The van der Waals surface area contributed by atoms with Gasteiger partial charge >= 0.3 is 0 Å². The molecule has 0 spiro atoms. The number of benzene rings is 3. The number of rotatable bonds is 5. The summed E-state index contributed by atoms with van der Waals surface area (Å²) < 4.78 is 0. The van der Waals surface area contributed by atoms with Gasteiger partial charge in [0.25, 0.3) is 11.8 Å². The van der Waals surface area contributed by atoms with Gasteiger partial charge in [-0.05, 0) is 52.9 Å². The molecule has 0 radical (unpaired) electrons. The van der Waals surface area contributed by atoms with Gasteiger partial charge in [0.1, 0.15) is 6.04 Å². The van der Waals surface area contributed by atoms with Gasteiger partial charge in [-0.2, -0.15) is 0 Å². The fourth-order valence-electron chi connectivity index (χ4n) is 3.94. The van der Waals surface area contributed by atoms with Crippen LogP contribution in [0.1, 0.15) is 22.8 Å². The van der Waals surface area contributed by atoms with Crippen LogP contribution in [0.3, 0.4) is 0 Å². The Morgan fingerprint density at radius 3 is 2.23 bits per heavy atom. The fourth-order valence-corrected chi connectivity index (χ4v) is 3.94. The third-order valence-electron chi connectivity index (χ3n) is 5.41. The summed E-state index contributed by atoms with van der Waals surface area (Å²) in [5.74, 6) is -1.16. The standard InChI is InChI=1S/C24H22N2O4/c1-15(27)22(23(28)25-30)26-14-20-13-19(10-11-21(20)24(26)29)18-9-5-8-17(12-18)16-6-3-2-4-7-16/h2-13,15,22,27,30H,14H2,1H3,(H,25,28)/t15-,22+/m1/s1. The van der Waals surface area contributed by atoms with Crippen LogP contribution in [-0.2, 0) is 11.3 Å². The van der Waals surface area contributed by atoms with Gasteiger partial charge in [-0.3, -0.25) is 14.8 Å². The zero-order valence-electron chi connectivity index (χ0n) is 16.4. The number of amides is 2. The predicted octanol–water partition coefficient (Wildman–Crippen LogP) is 3.23. The number of hydrogen-bond donors (Lipinski definition) is 3. The molecular weight excluding hydrogens is 380 g/mol. The van der Waals surface area contributed by atoms with Crippen LogP contribution in [0, 0.1) is 0 Å². The number of hydroxylamine groups is 1. The molecule has 0 fully saturated rings. The van der Waals surface area contributed by atoms with Crippen molar-refractivity contribution in [3.8, 4) is 22.3 Å². The van der Waals surface area contributed by atoms with E-state index in [0.29, 0.717) is 5.56 Å². The maximum Gasteiger partial charge on any atom is 0.268 e. The Bertz CT molecular complexity index is 1100. The van der Waals surface area contributed by atoms with Gasteiger partial charge in [-0.15, -0.1) is 0 Å². The van der Waals surface area contributed by atoms with Crippen LogP contribution >= 0.6 is 0 Å². The minimum absolute atomic E-state index is 0.184. The van der Waals surface area contributed by atoms with Crippen molar-refractivity contribution in [1.29, 1.82) is 0 Å². The molecular formula is C24H22N2O4. The highest BCUT2D eigenvalue weighted by Gasteiger charge is 2.39. The predicted molar refractivity (Wildman–Crippen MR) is 113 cm³/mol. The van der Waals surface area contributed by atoms with E-state index in [4.69, 9.17) is 5.21 Å². The fraction of sp³-hybridized carbons (Fsp3) is 0.167. The molecule has 6 heteroatoms. The summed E-state index contributed by atoms with van der Waals surface area (Å²) in [4.78, 5) is 26.1. The number of nitrogens with one attached hydrogen (secondary N) is 1. The van der Waals surface area contributed by atoms with E-state index in [1.807, 2.05) is 42.5 Å². The molecule has 0 unspecified atom stereocenters. The minimum atomic E-state index is -1.17. The van der Waals surface area contributed by atoms with E-state index in [2.05, 4.69) is 24.3 Å². The normalized spacial score (nSPS) is 14.9. The zero-order valence-corrected chi connectivity index (χ0v) is 16.4. The third-order valence-corrected chi connectivity index (χ3v) is 5.41. The van der Waals surface area contributed by atoms with Crippen molar-refractivity contribution < 1.29 is 19.9 Å². The van der Waals surface area contributed by atoms with Crippen molar-refractivity contribution in [1.82, 2.24) is 10.4 Å². The lowest BCUT2D eigenvalue weighted by Gasteiger charge is -2.27. The maximum absolute atomic E-state index is 12.8. The van der Waals surface area contributed by atoms with Crippen molar-refractivity contribution >= 4 is 11.8 Å². The second-order valence-corrected chi connectivity index (χ2v) is 7.41. The molecule has 0 saturated carbocycles. The van der Waals surface area contributed by atoms with Crippen LogP contribution in [0.5, 0.6) is 0 Å². The Morgan fingerprint density at radius 1 is 0.933 bits per heavy atom. The Hall–Kier alpha value is -3.48. The third kappa shape index (κ3) is 3.58. The Balaban J connectivity index is 1.66. The number of nitrogens with zero attached hydrogens (tertiary/aromatic N) is 1. The van der Waals surface area contributed by atoms with Gasteiger partial charge in [0.05, 0.1) is 6.10 Å². The van der Waals surface area contributed by atoms with E-state index < -0.39 is 18.1 Å². The lowest BCUT2D eigenvalue weighted by atomic mass is 9.97. The van der Waals surface area contributed by atoms with Crippen molar-refractivity contribution in [3.63, 3.8) is 0 Å². The largest absolute Gasteiger partial charge is 0.391 e.